The zero-order valence-electron chi connectivity index (χ0n) is 21.7. The SMILES string of the molecule is COc1ccccc1C(=O)NCc1ccc(-c2nn3c(c2C(N)=O)Nc2ccc(C)cc2CC3)cc1C(F)(F)F. The van der Waals surface area contributed by atoms with Gasteiger partial charge >= 0.3 is 6.18 Å². The van der Waals surface area contributed by atoms with Gasteiger partial charge in [0.1, 0.15) is 22.8 Å². The normalized spacial score (nSPS) is 12.5. The van der Waals surface area contributed by atoms with Crippen LogP contribution in [0, 0.1) is 6.92 Å². The number of primary amides is 1. The number of hydrogen-bond donors (Lipinski definition) is 3. The van der Waals surface area contributed by atoms with Gasteiger partial charge in [0.15, 0.2) is 0 Å². The highest BCUT2D eigenvalue weighted by atomic mass is 19.4. The molecule has 0 unspecified atom stereocenters. The molecular weight excluding hydrogens is 523 g/mol. The summed E-state index contributed by atoms with van der Waals surface area (Å²) >= 11 is 0. The monoisotopic (exact) mass is 549 g/mol. The predicted octanol–water partition coefficient (Wildman–Crippen LogP) is 5.21. The number of fused-ring (bicyclic) bond motifs is 2. The summed E-state index contributed by atoms with van der Waals surface area (Å²) in [5.74, 6) is -0.769. The zero-order chi connectivity index (χ0) is 28.6. The first-order valence-corrected chi connectivity index (χ1v) is 12.5. The van der Waals surface area contributed by atoms with E-state index in [9.17, 15) is 22.8 Å². The van der Waals surface area contributed by atoms with Crippen LogP contribution in [0.25, 0.3) is 11.3 Å². The molecule has 8 nitrogen and oxygen atoms in total. The zero-order valence-corrected chi connectivity index (χ0v) is 21.7. The van der Waals surface area contributed by atoms with Crippen molar-refractivity contribution in [2.24, 2.45) is 5.73 Å². The lowest BCUT2D eigenvalue weighted by atomic mass is 9.99. The molecule has 0 saturated heterocycles. The molecule has 40 heavy (non-hydrogen) atoms. The minimum absolute atomic E-state index is 0.00113. The van der Waals surface area contributed by atoms with E-state index in [-0.39, 0.29) is 34.5 Å². The number of halogens is 3. The number of rotatable bonds is 6. The van der Waals surface area contributed by atoms with Gasteiger partial charge in [0, 0.05) is 24.3 Å². The number of nitrogens with two attached hydrogens (primary N) is 1. The topological polar surface area (TPSA) is 111 Å². The lowest BCUT2D eigenvalue weighted by Crippen LogP contribution is -2.25. The molecule has 1 aromatic heterocycles. The second-order valence-electron chi connectivity index (χ2n) is 9.45. The Bertz CT molecular complexity index is 1630. The van der Waals surface area contributed by atoms with Crippen LogP contribution in [0.2, 0.25) is 0 Å². The summed E-state index contributed by atoms with van der Waals surface area (Å²) in [6.45, 7) is 1.99. The Labute approximate surface area is 227 Å². The van der Waals surface area contributed by atoms with Gasteiger partial charge in [-0.3, -0.25) is 9.59 Å². The molecule has 0 spiro atoms. The summed E-state index contributed by atoms with van der Waals surface area (Å²) in [6.07, 6.45) is -4.13. The highest BCUT2D eigenvalue weighted by Crippen LogP contribution is 2.38. The lowest BCUT2D eigenvalue weighted by Gasteiger charge is -2.16. The maximum atomic E-state index is 14.2. The molecule has 0 fully saturated rings. The van der Waals surface area contributed by atoms with E-state index < -0.39 is 23.6 Å². The molecule has 0 atom stereocenters. The summed E-state index contributed by atoms with van der Waals surface area (Å²) < 4.78 is 49.3. The Morgan fingerprint density at radius 2 is 1.90 bits per heavy atom. The molecule has 0 saturated carbocycles. The van der Waals surface area contributed by atoms with Crippen molar-refractivity contribution in [2.75, 3.05) is 12.4 Å². The van der Waals surface area contributed by atoms with Crippen molar-refractivity contribution in [3.63, 3.8) is 0 Å². The lowest BCUT2D eigenvalue weighted by molar-refractivity contribution is -0.138. The van der Waals surface area contributed by atoms with Gasteiger partial charge in [-0.1, -0.05) is 42.0 Å². The van der Waals surface area contributed by atoms with Gasteiger partial charge in [-0.05, 0) is 48.7 Å². The van der Waals surface area contributed by atoms with Crippen LogP contribution in [0.15, 0.2) is 60.7 Å². The first kappa shape index (κ1) is 26.8. The van der Waals surface area contributed by atoms with Crippen LogP contribution in [-0.4, -0.2) is 28.7 Å². The number of alkyl halides is 3. The van der Waals surface area contributed by atoms with Crippen molar-refractivity contribution in [3.8, 4) is 17.0 Å². The van der Waals surface area contributed by atoms with Crippen LogP contribution in [0.4, 0.5) is 24.7 Å². The van der Waals surface area contributed by atoms with Crippen LogP contribution in [0.1, 0.15) is 43.0 Å². The Kier molecular flexibility index (Phi) is 6.97. The third-order valence-electron chi connectivity index (χ3n) is 6.79. The second kappa shape index (κ2) is 10.4. The van der Waals surface area contributed by atoms with E-state index in [4.69, 9.17) is 10.5 Å². The molecule has 1 aliphatic rings. The van der Waals surface area contributed by atoms with Crippen LogP contribution in [0.3, 0.4) is 0 Å². The Morgan fingerprint density at radius 1 is 1.12 bits per heavy atom. The number of hydrogen-bond acceptors (Lipinski definition) is 5. The van der Waals surface area contributed by atoms with Gasteiger partial charge < -0.3 is 21.1 Å². The van der Waals surface area contributed by atoms with Gasteiger partial charge in [0.2, 0.25) is 0 Å². The van der Waals surface area contributed by atoms with Crippen LogP contribution >= 0.6 is 0 Å². The fourth-order valence-corrected chi connectivity index (χ4v) is 4.84. The quantitative estimate of drug-likeness (QED) is 0.306. The Balaban J connectivity index is 1.50. The highest BCUT2D eigenvalue weighted by Gasteiger charge is 2.35. The molecular formula is C29H26F3N5O3. The predicted molar refractivity (Wildman–Crippen MR) is 144 cm³/mol. The number of nitrogens with one attached hydrogen (secondary N) is 2. The molecule has 2 heterocycles. The standard InChI is InChI=1S/C29H26F3N5O3/c1-16-7-10-22-17(13-16)11-12-37-27(35-22)24(26(33)38)25(36-37)18-8-9-19(21(14-18)29(30,31)32)15-34-28(39)20-5-3-4-6-23(20)40-2/h3-10,13-14,35H,11-12,15H2,1-2H3,(H2,33,38)(H,34,39). The van der Waals surface area contributed by atoms with E-state index in [2.05, 4.69) is 15.7 Å². The highest BCUT2D eigenvalue weighted by molar-refractivity contribution is 6.04. The number of benzene rings is 3. The maximum absolute atomic E-state index is 14.2. The number of aryl methyl sites for hydroxylation is 3. The molecule has 2 amide bonds. The van der Waals surface area contributed by atoms with Crippen molar-refractivity contribution < 1.29 is 27.5 Å². The van der Waals surface area contributed by atoms with E-state index in [0.717, 1.165) is 22.9 Å². The van der Waals surface area contributed by atoms with E-state index in [1.165, 1.54) is 25.3 Å². The van der Waals surface area contributed by atoms with Crippen LogP contribution in [0.5, 0.6) is 5.75 Å². The number of anilines is 2. The summed E-state index contributed by atoms with van der Waals surface area (Å²) in [4.78, 5) is 25.2. The largest absolute Gasteiger partial charge is 0.496 e. The number of aromatic nitrogens is 2. The molecule has 3 aromatic carbocycles. The molecule has 11 heteroatoms. The van der Waals surface area contributed by atoms with Crippen molar-refractivity contribution in [1.29, 1.82) is 0 Å². The fourth-order valence-electron chi connectivity index (χ4n) is 4.84. The van der Waals surface area contributed by atoms with Crippen molar-refractivity contribution in [2.45, 2.75) is 32.6 Å². The van der Waals surface area contributed by atoms with Crippen molar-refractivity contribution in [1.82, 2.24) is 15.1 Å². The first-order chi connectivity index (χ1) is 19.1. The molecule has 1 aliphatic heterocycles. The number of methoxy groups -OCH3 is 1. The number of para-hydroxylation sites is 1. The molecule has 0 bridgehead atoms. The number of amides is 2. The summed E-state index contributed by atoms with van der Waals surface area (Å²) in [5.41, 5.74) is 7.80. The number of ether oxygens (including phenoxy) is 1. The Hall–Kier alpha value is -4.80. The van der Waals surface area contributed by atoms with Gasteiger partial charge in [-0.25, -0.2) is 4.68 Å². The first-order valence-electron chi connectivity index (χ1n) is 12.5. The Morgan fingerprint density at radius 3 is 2.62 bits per heavy atom. The third kappa shape index (κ3) is 5.09. The molecule has 0 radical (unpaired) electrons. The smallest absolute Gasteiger partial charge is 0.416 e. The summed E-state index contributed by atoms with van der Waals surface area (Å²) in [6, 6.07) is 15.9. The molecule has 206 valence electrons. The van der Waals surface area contributed by atoms with Gasteiger partial charge in [-0.15, -0.1) is 0 Å². The van der Waals surface area contributed by atoms with Gasteiger partial charge in [0.25, 0.3) is 11.8 Å². The number of carbonyl (C=O) groups excluding carboxylic acids is 2. The molecule has 0 aliphatic carbocycles. The van der Waals surface area contributed by atoms with Crippen molar-refractivity contribution >= 4 is 23.3 Å². The van der Waals surface area contributed by atoms with Gasteiger partial charge in [-0.2, -0.15) is 18.3 Å². The minimum Gasteiger partial charge on any atom is -0.496 e. The van der Waals surface area contributed by atoms with Crippen LogP contribution < -0.4 is 21.1 Å². The van der Waals surface area contributed by atoms with E-state index in [1.54, 1.807) is 22.9 Å². The van der Waals surface area contributed by atoms with Crippen molar-refractivity contribution in [3.05, 3.63) is 94.0 Å². The average molecular weight is 550 g/mol. The maximum Gasteiger partial charge on any atom is 0.416 e. The third-order valence-corrected chi connectivity index (χ3v) is 6.79. The second-order valence-corrected chi connectivity index (χ2v) is 9.45. The van der Waals surface area contributed by atoms with Gasteiger partial charge in [0.05, 0.1) is 18.2 Å². The number of carbonyl (C=O) groups is 2. The van der Waals surface area contributed by atoms with Crippen LogP contribution in [-0.2, 0) is 25.7 Å². The minimum atomic E-state index is -4.74. The van der Waals surface area contributed by atoms with E-state index >= 15 is 0 Å². The molecule has 4 N–H and O–H groups in total. The van der Waals surface area contributed by atoms with E-state index in [1.807, 2.05) is 25.1 Å². The molecule has 5 rings (SSSR count). The fraction of sp³-hybridized carbons (Fsp3) is 0.207. The summed E-state index contributed by atoms with van der Waals surface area (Å²) in [5, 5.41) is 10.2. The summed E-state index contributed by atoms with van der Waals surface area (Å²) in [7, 11) is 1.40. The number of nitrogens with zero attached hydrogens (tertiary/aromatic N) is 2. The molecule has 4 aromatic rings. The van der Waals surface area contributed by atoms with E-state index in [0.29, 0.717) is 24.5 Å². The average Bonchev–Trinajstić information content (AvgIpc) is 3.20.